The van der Waals surface area contributed by atoms with Crippen molar-refractivity contribution in [3.05, 3.63) is 46.6 Å². The molecular weight excluding hydrogens is 476 g/mol. The molecule has 1 aliphatic carbocycles. The monoisotopic (exact) mass is 520 g/mol. The van der Waals surface area contributed by atoms with Gasteiger partial charge in [-0.2, -0.15) is 0 Å². The molecule has 1 aromatic carbocycles. The molecule has 2 amide bonds. The molecule has 1 fully saturated rings. The van der Waals surface area contributed by atoms with Crippen molar-refractivity contribution in [2.75, 3.05) is 13.7 Å². The fraction of sp³-hybridized carbons (Fsp3) is 0.655. The molecule has 0 saturated heterocycles. The van der Waals surface area contributed by atoms with Crippen molar-refractivity contribution in [3.63, 3.8) is 0 Å². The van der Waals surface area contributed by atoms with E-state index in [2.05, 4.69) is 69.6 Å². The number of carbonyl (C=O) groups excluding carboxylic acids is 2. The molecule has 0 radical (unpaired) electrons. The number of rotatable bonds is 9. The average Bonchev–Trinajstić information content (AvgIpc) is 2.78. The van der Waals surface area contributed by atoms with E-state index < -0.39 is 11.6 Å². The Kier molecular flexibility index (Phi) is 10.1. The van der Waals surface area contributed by atoms with E-state index in [1.807, 2.05) is 12.1 Å². The largest absolute Gasteiger partial charge is 0.469 e. The first-order valence-electron chi connectivity index (χ1n) is 12.9. The zero-order valence-corrected chi connectivity index (χ0v) is 23.8. The van der Waals surface area contributed by atoms with Gasteiger partial charge in [-0.25, -0.2) is 4.79 Å². The smallest absolute Gasteiger partial charge is 0.319 e. The van der Waals surface area contributed by atoms with Crippen LogP contribution < -0.4 is 10.6 Å². The summed E-state index contributed by atoms with van der Waals surface area (Å²) in [6, 6.07) is 5.64. The zero-order valence-electron chi connectivity index (χ0n) is 23.1. The second-order valence-electron chi connectivity index (χ2n) is 12.2. The maximum Gasteiger partial charge on any atom is 0.319 e. The molecular formula is C29H45ClN2O4. The number of halogens is 1. The number of benzene rings is 1. The van der Waals surface area contributed by atoms with Gasteiger partial charge in [-0.3, -0.25) is 4.79 Å². The quantitative estimate of drug-likeness (QED) is 0.331. The molecule has 1 saturated carbocycles. The summed E-state index contributed by atoms with van der Waals surface area (Å²) < 4.78 is 4.67. The van der Waals surface area contributed by atoms with Gasteiger partial charge in [0.05, 0.1) is 19.1 Å². The highest BCUT2D eigenvalue weighted by atomic mass is 35.5. The van der Waals surface area contributed by atoms with Crippen molar-refractivity contribution in [2.24, 2.45) is 22.7 Å². The lowest BCUT2D eigenvalue weighted by Crippen LogP contribution is -2.60. The van der Waals surface area contributed by atoms with Gasteiger partial charge in [-0.1, -0.05) is 71.9 Å². The summed E-state index contributed by atoms with van der Waals surface area (Å²) in [5, 5.41) is 17.2. The normalized spacial score (nSPS) is 23.6. The molecule has 7 heteroatoms. The Labute approximate surface area is 222 Å². The number of esters is 1. The van der Waals surface area contributed by atoms with Crippen LogP contribution >= 0.6 is 11.6 Å². The second kappa shape index (κ2) is 12.0. The van der Waals surface area contributed by atoms with Crippen molar-refractivity contribution in [3.8, 4) is 0 Å². The third-order valence-electron chi connectivity index (χ3n) is 8.03. The minimum atomic E-state index is -0.803. The third-order valence-corrected chi connectivity index (χ3v) is 8.38. The molecule has 36 heavy (non-hydrogen) atoms. The minimum Gasteiger partial charge on any atom is -0.469 e. The van der Waals surface area contributed by atoms with E-state index in [9.17, 15) is 14.7 Å². The number of urea groups is 1. The van der Waals surface area contributed by atoms with E-state index in [1.54, 1.807) is 0 Å². The molecule has 6 nitrogen and oxygen atoms in total. The standard InChI is InChI=1S/C29H45ClN2O4/c1-19(9-12-25(34)36-8)31-26(35)32-29(16-15-28(6,7)20(2)23(29)18-33)22-11-10-21(24(30)17-22)13-14-27(3,4)5/h10-11,17,20,23,33H,1,9,12-16,18H2,2-8H3,(H2,31,32,35). The predicted molar refractivity (Wildman–Crippen MR) is 146 cm³/mol. The summed E-state index contributed by atoms with van der Waals surface area (Å²) in [6.45, 7) is 17.0. The predicted octanol–water partition coefficient (Wildman–Crippen LogP) is 6.34. The lowest BCUT2D eigenvalue weighted by atomic mass is 9.55. The molecule has 0 bridgehead atoms. The van der Waals surface area contributed by atoms with E-state index in [1.165, 1.54) is 7.11 Å². The van der Waals surface area contributed by atoms with Crippen LogP contribution in [0.15, 0.2) is 30.5 Å². The second-order valence-corrected chi connectivity index (χ2v) is 12.6. The summed E-state index contributed by atoms with van der Waals surface area (Å²) in [4.78, 5) is 24.7. The first-order valence-corrected chi connectivity index (χ1v) is 13.3. The van der Waals surface area contributed by atoms with E-state index >= 15 is 0 Å². The molecule has 0 heterocycles. The van der Waals surface area contributed by atoms with Crippen LogP contribution in [0.2, 0.25) is 5.02 Å². The zero-order chi connectivity index (χ0) is 27.3. The van der Waals surface area contributed by atoms with Gasteiger partial charge < -0.3 is 20.5 Å². The van der Waals surface area contributed by atoms with E-state index in [-0.39, 0.29) is 48.1 Å². The van der Waals surface area contributed by atoms with Crippen LogP contribution in [0.25, 0.3) is 0 Å². The Bertz CT molecular complexity index is 953. The molecule has 1 aromatic rings. The molecule has 1 aliphatic rings. The van der Waals surface area contributed by atoms with Gasteiger partial charge in [0, 0.05) is 23.2 Å². The van der Waals surface area contributed by atoms with Crippen LogP contribution in [0.4, 0.5) is 4.79 Å². The van der Waals surface area contributed by atoms with Gasteiger partial charge in [0.15, 0.2) is 0 Å². The minimum absolute atomic E-state index is 0.00953. The highest BCUT2D eigenvalue weighted by Crippen LogP contribution is 2.52. The Morgan fingerprint density at radius 3 is 2.44 bits per heavy atom. The van der Waals surface area contributed by atoms with Gasteiger partial charge in [-0.15, -0.1) is 0 Å². The highest BCUT2D eigenvalue weighted by molar-refractivity contribution is 6.31. The SMILES string of the molecule is C=C(CCC(=O)OC)NC(=O)NC1(c2ccc(CCC(C)(C)C)c(Cl)c2)CCC(C)(C)C(C)C1CO. The Morgan fingerprint density at radius 1 is 1.22 bits per heavy atom. The van der Waals surface area contributed by atoms with Crippen LogP contribution in [0.1, 0.15) is 84.8 Å². The summed E-state index contributed by atoms with van der Waals surface area (Å²) in [5.41, 5.74) is 1.80. The van der Waals surface area contributed by atoms with Gasteiger partial charge in [0.2, 0.25) is 0 Å². The van der Waals surface area contributed by atoms with E-state index in [0.29, 0.717) is 17.1 Å². The van der Waals surface area contributed by atoms with Crippen molar-refractivity contribution in [2.45, 2.75) is 85.6 Å². The van der Waals surface area contributed by atoms with Crippen LogP contribution in [-0.4, -0.2) is 30.8 Å². The van der Waals surface area contributed by atoms with E-state index in [4.69, 9.17) is 11.6 Å². The first kappa shape index (κ1) is 30.2. The molecule has 202 valence electrons. The number of aryl methyl sites for hydroxylation is 1. The van der Waals surface area contributed by atoms with Crippen LogP contribution in [0.5, 0.6) is 0 Å². The van der Waals surface area contributed by atoms with Crippen molar-refractivity contribution >= 4 is 23.6 Å². The number of aliphatic hydroxyl groups excluding tert-OH is 1. The van der Waals surface area contributed by atoms with Crippen LogP contribution in [0.3, 0.4) is 0 Å². The number of hydrogen-bond acceptors (Lipinski definition) is 4. The lowest BCUT2D eigenvalue weighted by molar-refractivity contribution is -0.140. The van der Waals surface area contributed by atoms with Crippen molar-refractivity contribution < 1.29 is 19.4 Å². The third kappa shape index (κ3) is 7.48. The molecule has 0 aromatic heterocycles. The number of nitrogens with one attached hydrogen (secondary N) is 2. The maximum atomic E-state index is 13.2. The number of amides is 2. The highest BCUT2D eigenvalue weighted by Gasteiger charge is 2.52. The summed E-state index contributed by atoms with van der Waals surface area (Å²) >= 11 is 6.78. The first-order chi connectivity index (χ1) is 16.6. The Morgan fingerprint density at radius 2 is 1.89 bits per heavy atom. The van der Waals surface area contributed by atoms with Crippen molar-refractivity contribution in [1.29, 1.82) is 0 Å². The molecule has 2 rings (SSSR count). The topological polar surface area (TPSA) is 87.7 Å². The molecule has 3 atom stereocenters. The fourth-order valence-corrected chi connectivity index (χ4v) is 5.43. The lowest BCUT2D eigenvalue weighted by Gasteiger charge is -2.53. The van der Waals surface area contributed by atoms with Crippen LogP contribution in [0, 0.1) is 22.7 Å². The Hall–Kier alpha value is -2.05. The van der Waals surface area contributed by atoms with Crippen LogP contribution in [-0.2, 0) is 21.5 Å². The van der Waals surface area contributed by atoms with Gasteiger partial charge in [-0.05, 0) is 66.0 Å². The maximum absolute atomic E-state index is 13.2. The van der Waals surface area contributed by atoms with Gasteiger partial charge in [0.25, 0.3) is 0 Å². The van der Waals surface area contributed by atoms with Gasteiger partial charge in [0.1, 0.15) is 0 Å². The molecule has 0 aliphatic heterocycles. The summed E-state index contributed by atoms with van der Waals surface area (Å²) in [7, 11) is 1.33. The van der Waals surface area contributed by atoms with Crippen molar-refractivity contribution in [1.82, 2.24) is 10.6 Å². The van der Waals surface area contributed by atoms with E-state index in [0.717, 1.165) is 30.4 Å². The fourth-order valence-electron chi connectivity index (χ4n) is 5.15. The average molecular weight is 521 g/mol. The number of aliphatic hydroxyl groups is 1. The number of hydrogen-bond donors (Lipinski definition) is 3. The number of carbonyl (C=O) groups is 2. The Balaban J connectivity index is 2.38. The molecule has 3 N–H and O–H groups in total. The molecule has 3 unspecified atom stereocenters. The number of methoxy groups -OCH3 is 1. The molecule has 0 spiro atoms. The number of ether oxygens (including phenoxy) is 1. The van der Waals surface area contributed by atoms with Gasteiger partial charge >= 0.3 is 12.0 Å². The number of allylic oxidation sites excluding steroid dienone is 1. The summed E-state index contributed by atoms with van der Waals surface area (Å²) in [6.07, 6.45) is 3.84. The summed E-state index contributed by atoms with van der Waals surface area (Å²) in [5.74, 6) is -0.440.